The third-order valence-electron chi connectivity index (χ3n) is 14.2. The number of ether oxygens (including phenoxy) is 3. The van der Waals surface area contributed by atoms with Crippen molar-refractivity contribution in [3.8, 4) is 33.8 Å². The maximum Gasteiger partial charge on any atom is 0.522 e. The fourth-order valence-electron chi connectivity index (χ4n) is 10.6. The van der Waals surface area contributed by atoms with E-state index < -0.39 is 15.6 Å². The van der Waals surface area contributed by atoms with Gasteiger partial charge in [0.25, 0.3) is 0 Å². The second kappa shape index (κ2) is 27.7. The molecule has 0 spiro atoms. The molecule has 5 aliphatic rings. The average molecular weight is 1280 g/mol. The van der Waals surface area contributed by atoms with E-state index in [9.17, 15) is 32.7 Å². The van der Waals surface area contributed by atoms with Gasteiger partial charge in [0.15, 0.2) is 0 Å². The molecule has 2 aliphatic carbocycles. The molecule has 2 fully saturated rings. The van der Waals surface area contributed by atoms with Crippen LogP contribution in [0.3, 0.4) is 0 Å². The van der Waals surface area contributed by atoms with Crippen LogP contribution < -0.4 is 0 Å². The summed E-state index contributed by atoms with van der Waals surface area (Å²) in [6.07, 6.45) is 4.38. The molecule has 3 heterocycles. The summed E-state index contributed by atoms with van der Waals surface area (Å²) in [5.74, 6) is 0.543. The molecule has 6 aromatic rings. The zero-order valence-electron chi connectivity index (χ0n) is 42.3. The number of hydrogen-bond acceptors (Lipinski definition) is 11. The highest BCUT2D eigenvalue weighted by atomic mass is 79.9. The SMILES string of the molecule is O=C(OCC1c2ccccc2-c2ccccc21)N1CCC[C@H]1C1OCCc2c(Br)ccc(O)c21.O=C[C@@H]1CCCN1C(=O)OCC1c2ccccc2-c2ccccc21.O=S(=O)(O)C(F)(F)F.OCCc1cc(O)ccc1Br.S.S. The smallest absolute Gasteiger partial charge is 0.508 e. The van der Waals surface area contributed by atoms with Gasteiger partial charge in [-0.25, -0.2) is 9.59 Å². The number of amides is 2. The maximum atomic E-state index is 13.3. The molecule has 3 aliphatic heterocycles. The summed E-state index contributed by atoms with van der Waals surface area (Å²) >= 11 is 6.92. The number of halogens is 5. The Bertz CT molecular complexity index is 3140. The highest BCUT2D eigenvalue weighted by Gasteiger charge is 2.45. The Morgan fingerprint density at radius 2 is 1.15 bits per heavy atom. The first-order valence-electron chi connectivity index (χ1n) is 24.8. The molecular formula is C57H59Br2F3N2O12S3. The molecule has 6 aromatic carbocycles. The lowest BCUT2D eigenvalue weighted by Crippen LogP contribution is -2.42. The number of hydrogen-bond donors (Lipinski definition) is 4. The number of aliphatic hydroxyl groups is 1. The van der Waals surface area contributed by atoms with Gasteiger partial charge in [-0.1, -0.05) is 129 Å². The summed E-state index contributed by atoms with van der Waals surface area (Å²) in [7, 11) is -5.84. The number of benzene rings is 6. The number of aliphatic hydroxyl groups excluding tert-OH is 1. The minimum Gasteiger partial charge on any atom is -0.508 e. The zero-order chi connectivity index (χ0) is 55.0. The van der Waals surface area contributed by atoms with Crippen LogP contribution in [-0.2, 0) is 42.0 Å². The number of phenolic OH excluding ortho intramolecular Hbond substituents is 2. The molecule has 4 N–H and O–H groups in total. The van der Waals surface area contributed by atoms with E-state index >= 15 is 0 Å². The van der Waals surface area contributed by atoms with Crippen molar-refractivity contribution in [2.24, 2.45) is 0 Å². The molecule has 3 atom stereocenters. The quantitative estimate of drug-likeness (QED) is 0.0639. The molecule has 14 nitrogen and oxygen atoms in total. The molecule has 0 bridgehead atoms. The van der Waals surface area contributed by atoms with E-state index in [2.05, 4.69) is 92.5 Å². The number of aldehydes is 1. The van der Waals surface area contributed by atoms with Gasteiger partial charge in [0, 0.05) is 46.0 Å². The summed E-state index contributed by atoms with van der Waals surface area (Å²) in [6, 6.07) is 41.3. The second-order valence-corrected chi connectivity index (χ2v) is 21.8. The lowest BCUT2D eigenvalue weighted by molar-refractivity contribution is -0.111. The van der Waals surface area contributed by atoms with E-state index in [0.29, 0.717) is 39.3 Å². The van der Waals surface area contributed by atoms with E-state index in [0.717, 1.165) is 64.0 Å². The minimum atomic E-state index is -5.84. The first-order chi connectivity index (χ1) is 36.9. The Balaban J connectivity index is 0.000000194. The van der Waals surface area contributed by atoms with Crippen LogP contribution in [0.25, 0.3) is 22.3 Å². The molecular weight excluding hydrogens is 1220 g/mol. The number of rotatable bonds is 8. The van der Waals surface area contributed by atoms with Gasteiger partial charge in [-0.2, -0.15) is 48.6 Å². The number of likely N-dealkylation sites (tertiary alicyclic amines) is 2. The van der Waals surface area contributed by atoms with Crippen LogP contribution in [0.2, 0.25) is 0 Å². The van der Waals surface area contributed by atoms with Gasteiger partial charge in [-0.15, -0.1) is 0 Å². The third-order valence-corrected chi connectivity index (χ3v) is 16.3. The molecule has 79 heavy (non-hydrogen) atoms. The lowest BCUT2D eigenvalue weighted by atomic mass is 9.91. The maximum absolute atomic E-state index is 13.3. The molecule has 2 amide bonds. The highest BCUT2D eigenvalue weighted by Crippen LogP contribution is 2.47. The van der Waals surface area contributed by atoms with Crippen molar-refractivity contribution < 1.29 is 70.1 Å². The van der Waals surface area contributed by atoms with Crippen molar-refractivity contribution >= 4 is 87.4 Å². The summed E-state index contributed by atoms with van der Waals surface area (Å²) in [5.41, 5.74) is 6.89. The second-order valence-electron chi connectivity index (χ2n) is 18.7. The van der Waals surface area contributed by atoms with Crippen LogP contribution in [0.5, 0.6) is 11.5 Å². The molecule has 22 heteroatoms. The van der Waals surface area contributed by atoms with Gasteiger partial charge >= 0.3 is 27.8 Å². The Morgan fingerprint density at radius 3 is 1.63 bits per heavy atom. The third kappa shape index (κ3) is 14.3. The molecule has 0 aromatic heterocycles. The van der Waals surface area contributed by atoms with Crippen molar-refractivity contribution in [3.05, 3.63) is 175 Å². The van der Waals surface area contributed by atoms with Crippen LogP contribution >= 0.6 is 58.9 Å². The van der Waals surface area contributed by atoms with Crippen LogP contribution in [0.1, 0.15) is 82.6 Å². The summed E-state index contributed by atoms with van der Waals surface area (Å²) in [6.45, 7) is 2.49. The van der Waals surface area contributed by atoms with E-state index in [-0.39, 0.29) is 87.3 Å². The Hall–Kier alpha value is -5.59. The monoisotopic (exact) mass is 1270 g/mol. The fraction of sp³-hybridized carbons (Fsp3) is 0.316. The summed E-state index contributed by atoms with van der Waals surface area (Å²) < 4.78 is 77.1. The largest absolute Gasteiger partial charge is 0.522 e. The Kier molecular flexibility index (Phi) is 22.0. The van der Waals surface area contributed by atoms with Gasteiger partial charge in [0.05, 0.1) is 18.7 Å². The molecule has 0 saturated carbocycles. The first kappa shape index (κ1) is 62.6. The van der Waals surface area contributed by atoms with Crippen LogP contribution in [0.4, 0.5) is 22.8 Å². The molecule has 422 valence electrons. The first-order valence-corrected chi connectivity index (χ1v) is 27.9. The number of aromatic hydroxyl groups is 2. The standard InChI is InChI=1S/C28H26BrNO4.C20H19NO3.C8H9BrO2.CHF3O3S.2H2S/c29-23-11-12-25(31)26-21(23)13-15-33-27(26)24-10-5-14-30(24)28(32)34-16-22-19-8-3-1-6-17(19)18-7-2-4-9-20(18)22;22-12-14-6-5-11-21(14)20(23)24-13-19-17-9-3-1-7-15(17)16-8-2-4-10-18(16)19;9-8-2-1-7(11)5-6(8)3-4-10;2-1(3,4)8(5,6)7;;/h1-4,6-9,11-12,22,24,27,31H,5,10,13-16H2;1-4,7-10,12,14,19H,5-6,11,13H2;1-2,5,10-11H,3-4H2;(H,5,6,7);2*1H2/t24-,27?;14-;;;;/m00..../s1. The molecule has 0 radical (unpaired) electrons. The number of fused-ring (bicyclic) bond motifs is 7. The average Bonchev–Trinajstić information content (AvgIpc) is 4.44. The number of carbonyl (C=O) groups is 3. The Morgan fingerprint density at radius 1 is 0.696 bits per heavy atom. The van der Waals surface area contributed by atoms with E-state index in [1.54, 1.807) is 34.1 Å². The van der Waals surface area contributed by atoms with Gasteiger partial charge in [-0.05, 0) is 124 Å². The van der Waals surface area contributed by atoms with Crippen molar-refractivity contribution in [1.82, 2.24) is 9.80 Å². The number of carbonyl (C=O) groups excluding carboxylic acids is 3. The fourth-order valence-corrected chi connectivity index (χ4v) is 11.6. The molecule has 1 unspecified atom stereocenters. The Labute approximate surface area is 486 Å². The predicted molar refractivity (Wildman–Crippen MR) is 309 cm³/mol. The summed E-state index contributed by atoms with van der Waals surface area (Å²) in [5, 5.41) is 28.3. The molecule has 2 saturated heterocycles. The van der Waals surface area contributed by atoms with Gasteiger partial charge in [0.2, 0.25) is 0 Å². The van der Waals surface area contributed by atoms with Crippen LogP contribution in [0.15, 0.2) is 136 Å². The van der Waals surface area contributed by atoms with Crippen molar-refractivity contribution in [1.29, 1.82) is 0 Å². The van der Waals surface area contributed by atoms with Crippen molar-refractivity contribution in [2.45, 2.75) is 74.1 Å². The number of alkyl halides is 3. The lowest BCUT2D eigenvalue weighted by Gasteiger charge is -2.35. The van der Waals surface area contributed by atoms with Gasteiger partial charge < -0.3 is 39.2 Å². The van der Waals surface area contributed by atoms with Crippen molar-refractivity contribution in [3.63, 3.8) is 0 Å². The van der Waals surface area contributed by atoms with Crippen LogP contribution in [0, 0.1) is 0 Å². The normalized spacial score (nSPS) is 17.7. The van der Waals surface area contributed by atoms with Crippen molar-refractivity contribution in [2.75, 3.05) is 39.5 Å². The number of phenols is 2. The van der Waals surface area contributed by atoms with E-state index in [1.165, 1.54) is 44.5 Å². The van der Waals surface area contributed by atoms with Gasteiger partial charge in [0.1, 0.15) is 37.1 Å². The topological polar surface area (TPSA) is 200 Å². The van der Waals surface area contributed by atoms with E-state index in [1.807, 2.05) is 42.5 Å². The minimum absolute atomic E-state index is 0. The van der Waals surface area contributed by atoms with Gasteiger partial charge in [-0.3, -0.25) is 9.45 Å². The molecule has 11 rings (SSSR count). The number of nitrogens with zero attached hydrogens (tertiary/aromatic N) is 2. The summed E-state index contributed by atoms with van der Waals surface area (Å²) in [4.78, 5) is 40.1. The predicted octanol–water partition coefficient (Wildman–Crippen LogP) is 12.1. The van der Waals surface area contributed by atoms with E-state index in [4.69, 9.17) is 37.4 Å². The highest BCUT2D eigenvalue weighted by molar-refractivity contribution is 9.10. The van der Waals surface area contributed by atoms with Crippen LogP contribution in [-0.4, -0.2) is 114 Å². The zero-order valence-corrected chi connectivity index (χ0v) is 48.3.